The number of carbonyl (C=O) groups is 2. The van der Waals surface area contributed by atoms with Gasteiger partial charge in [0.15, 0.2) is 5.17 Å². The maximum absolute atomic E-state index is 12.8. The molecule has 0 bridgehead atoms. The van der Waals surface area contributed by atoms with Crippen LogP contribution in [0.4, 0.5) is 13.2 Å². The average Bonchev–Trinajstić information content (AvgIpc) is 2.94. The van der Waals surface area contributed by atoms with Crippen molar-refractivity contribution in [2.45, 2.75) is 24.8 Å². The van der Waals surface area contributed by atoms with Gasteiger partial charge >= 0.3 is 6.18 Å². The van der Waals surface area contributed by atoms with Gasteiger partial charge in [0.1, 0.15) is 0 Å². The van der Waals surface area contributed by atoms with Crippen LogP contribution in [-0.4, -0.2) is 22.2 Å². The Balaban J connectivity index is 1.70. The maximum atomic E-state index is 12.8. The maximum Gasteiger partial charge on any atom is 0.416 e. The predicted octanol–water partition coefficient (Wildman–Crippen LogP) is 3.98. The Morgan fingerprint density at radius 1 is 1.19 bits per heavy atom. The van der Waals surface area contributed by atoms with E-state index in [0.717, 1.165) is 29.5 Å². The summed E-state index contributed by atoms with van der Waals surface area (Å²) < 4.78 is 38.4. The first-order chi connectivity index (χ1) is 12.7. The van der Waals surface area contributed by atoms with E-state index < -0.39 is 22.9 Å². The Morgan fingerprint density at radius 3 is 2.56 bits per heavy atom. The highest BCUT2D eigenvalue weighted by atomic mass is 32.2. The topological polar surface area (TPSA) is 58.5 Å². The van der Waals surface area contributed by atoms with Crippen molar-refractivity contribution in [3.8, 4) is 0 Å². The molecule has 0 aromatic heterocycles. The molecule has 1 unspecified atom stereocenters. The van der Waals surface area contributed by atoms with Crippen LogP contribution < -0.4 is 5.32 Å². The van der Waals surface area contributed by atoms with Gasteiger partial charge in [-0.15, -0.1) is 0 Å². The zero-order chi connectivity index (χ0) is 19.6. The summed E-state index contributed by atoms with van der Waals surface area (Å²) in [5, 5.41) is 2.03. The van der Waals surface area contributed by atoms with Crippen LogP contribution in [0.1, 0.15) is 27.0 Å². The van der Waals surface area contributed by atoms with Gasteiger partial charge in [0.2, 0.25) is 5.91 Å². The van der Waals surface area contributed by atoms with E-state index in [0.29, 0.717) is 11.1 Å². The number of hydrogen-bond donors (Lipinski definition) is 1. The van der Waals surface area contributed by atoms with Crippen LogP contribution in [0.25, 0.3) is 0 Å². The summed E-state index contributed by atoms with van der Waals surface area (Å²) in [6, 6.07) is 11.7. The molecule has 2 aromatic carbocycles. The number of carbonyl (C=O) groups excluding carboxylic acids is 2. The van der Waals surface area contributed by atoms with Crippen LogP contribution in [0.5, 0.6) is 0 Å². The van der Waals surface area contributed by atoms with Gasteiger partial charge in [0, 0.05) is 5.56 Å². The number of benzene rings is 2. The number of amidine groups is 1. The fraction of sp³-hybridized carbons (Fsp3) is 0.211. The Kier molecular flexibility index (Phi) is 5.36. The van der Waals surface area contributed by atoms with Gasteiger partial charge in [-0.2, -0.15) is 18.2 Å². The number of rotatable bonds is 3. The van der Waals surface area contributed by atoms with Crippen LogP contribution in [0.3, 0.4) is 0 Å². The third kappa shape index (κ3) is 4.77. The second kappa shape index (κ2) is 7.56. The van der Waals surface area contributed by atoms with Crippen molar-refractivity contribution < 1.29 is 22.8 Å². The number of thioether (sulfide) groups is 1. The fourth-order valence-electron chi connectivity index (χ4n) is 2.53. The molecule has 4 nitrogen and oxygen atoms in total. The summed E-state index contributed by atoms with van der Waals surface area (Å²) in [7, 11) is 0. The van der Waals surface area contributed by atoms with Crippen molar-refractivity contribution in [3.05, 3.63) is 70.8 Å². The quantitative estimate of drug-likeness (QED) is 0.860. The lowest BCUT2D eigenvalue weighted by atomic mass is 10.1. The lowest BCUT2D eigenvalue weighted by molar-refractivity contribution is -0.137. The van der Waals surface area contributed by atoms with Crippen LogP contribution in [0.2, 0.25) is 0 Å². The number of alkyl halides is 3. The highest BCUT2D eigenvalue weighted by molar-refractivity contribution is 8.15. The second-order valence-electron chi connectivity index (χ2n) is 6.09. The molecular formula is C19H15F3N2O2S. The molecule has 2 amide bonds. The van der Waals surface area contributed by atoms with E-state index in [1.807, 2.05) is 6.92 Å². The molecule has 2 aromatic rings. The number of nitrogens with one attached hydrogen (secondary N) is 1. The Bertz CT molecular complexity index is 908. The molecule has 140 valence electrons. The van der Waals surface area contributed by atoms with Crippen molar-refractivity contribution in [1.82, 2.24) is 5.32 Å². The molecule has 0 aliphatic carbocycles. The smallest absolute Gasteiger partial charge is 0.304 e. The number of amides is 2. The highest BCUT2D eigenvalue weighted by Crippen LogP contribution is 2.31. The minimum Gasteiger partial charge on any atom is -0.304 e. The molecule has 1 heterocycles. The molecule has 1 fully saturated rings. The SMILES string of the molecule is Cc1ccc(C(=O)N=C2NC(=O)C(Cc3cccc(C(F)(F)F)c3)S2)cc1. The Hall–Kier alpha value is -2.61. The molecular weight excluding hydrogens is 377 g/mol. The summed E-state index contributed by atoms with van der Waals surface area (Å²) in [5.74, 6) is -0.870. The normalized spacial score (nSPS) is 18.6. The van der Waals surface area contributed by atoms with Crippen molar-refractivity contribution in [2.24, 2.45) is 4.99 Å². The zero-order valence-corrected chi connectivity index (χ0v) is 15.0. The van der Waals surface area contributed by atoms with Gasteiger partial charge in [-0.25, -0.2) is 0 Å². The second-order valence-corrected chi connectivity index (χ2v) is 7.28. The average molecular weight is 392 g/mol. The zero-order valence-electron chi connectivity index (χ0n) is 14.2. The van der Waals surface area contributed by atoms with E-state index in [1.54, 1.807) is 24.3 Å². The Labute approximate surface area is 157 Å². The van der Waals surface area contributed by atoms with E-state index in [9.17, 15) is 22.8 Å². The molecule has 0 radical (unpaired) electrons. The summed E-state index contributed by atoms with van der Waals surface area (Å²) in [5.41, 5.74) is 1.03. The molecule has 1 aliphatic rings. The number of nitrogens with zero attached hydrogens (tertiary/aromatic N) is 1. The highest BCUT2D eigenvalue weighted by Gasteiger charge is 2.33. The van der Waals surface area contributed by atoms with Crippen molar-refractivity contribution in [1.29, 1.82) is 0 Å². The number of aliphatic imine (C=N–C) groups is 1. The predicted molar refractivity (Wildman–Crippen MR) is 97.6 cm³/mol. The molecule has 27 heavy (non-hydrogen) atoms. The first-order valence-electron chi connectivity index (χ1n) is 8.06. The lowest BCUT2D eigenvalue weighted by Crippen LogP contribution is -2.26. The Morgan fingerprint density at radius 2 is 1.89 bits per heavy atom. The van der Waals surface area contributed by atoms with Crippen LogP contribution in [0.15, 0.2) is 53.5 Å². The van der Waals surface area contributed by atoms with E-state index in [2.05, 4.69) is 10.3 Å². The molecule has 1 aliphatic heterocycles. The van der Waals surface area contributed by atoms with E-state index in [1.165, 1.54) is 12.1 Å². The van der Waals surface area contributed by atoms with Gasteiger partial charge in [-0.05, 0) is 37.1 Å². The first kappa shape index (κ1) is 19.2. The molecule has 0 saturated carbocycles. The molecule has 8 heteroatoms. The molecule has 1 atom stereocenters. The van der Waals surface area contributed by atoms with E-state index in [-0.39, 0.29) is 17.5 Å². The van der Waals surface area contributed by atoms with Crippen molar-refractivity contribution in [2.75, 3.05) is 0 Å². The van der Waals surface area contributed by atoms with Crippen LogP contribution in [0, 0.1) is 6.92 Å². The fourth-order valence-corrected chi connectivity index (χ4v) is 3.54. The van der Waals surface area contributed by atoms with Crippen molar-refractivity contribution >= 4 is 28.7 Å². The first-order valence-corrected chi connectivity index (χ1v) is 8.94. The number of aryl methyl sites for hydroxylation is 1. The van der Waals surface area contributed by atoms with Gasteiger partial charge in [-0.1, -0.05) is 47.7 Å². The van der Waals surface area contributed by atoms with E-state index in [4.69, 9.17) is 0 Å². The van der Waals surface area contributed by atoms with Gasteiger partial charge < -0.3 is 5.32 Å². The summed E-state index contributed by atoms with van der Waals surface area (Å²) >= 11 is 1.04. The standard InChI is InChI=1S/C19H15F3N2O2S/c1-11-5-7-13(8-6-11)16(25)23-18-24-17(26)15(27-18)10-12-3-2-4-14(9-12)19(20,21)22/h2-9,15H,10H2,1H3,(H,23,24,25,26). The minimum absolute atomic E-state index is 0.109. The molecule has 1 N–H and O–H groups in total. The van der Waals surface area contributed by atoms with Crippen molar-refractivity contribution in [3.63, 3.8) is 0 Å². The lowest BCUT2D eigenvalue weighted by Gasteiger charge is -2.10. The summed E-state index contributed by atoms with van der Waals surface area (Å²) in [6.07, 6.45) is -4.33. The number of halogens is 3. The van der Waals surface area contributed by atoms with E-state index >= 15 is 0 Å². The largest absolute Gasteiger partial charge is 0.416 e. The molecule has 1 saturated heterocycles. The van der Waals surface area contributed by atoms with Gasteiger partial charge in [-0.3, -0.25) is 9.59 Å². The number of hydrogen-bond acceptors (Lipinski definition) is 3. The summed E-state index contributed by atoms with van der Waals surface area (Å²) in [6.45, 7) is 1.89. The van der Waals surface area contributed by atoms with Gasteiger partial charge in [0.05, 0.1) is 10.8 Å². The third-order valence-corrected chi connectivity index (χ3v) is 5.04. The van der Waals surface area contributed by atoms with Crippen LogP contribution in [-0.2, 0) is 17.4 Å². The van der Waals surface area contributed by atoms with Crippen LogP contribution >= 0.6 is 11.8 Å². The third-order valence-electron chi connectivity index (χ3n) is 3.95. The molecule has 3 rings (SSSR count). The summed E-state index contributed by atoms with van der Waals surface area (Å²) in [4.78, 5) is 28.2. The minimum atomic E-state index is -4.44. The van der Waals surface area contributed by atoms with Gasteiger partial charge in [0.25, 0.3) is 5.91 Å². The monoisotopic (exact) mass is 392 g/mol. The molecule has 0 spiro atoms.